The van der Waals surface area contributed by atoms with Crippen molar-refractivity contribution in [2.75, 3.05) is 13.6 Å². The number of likely N-dealkylation sites (N-methyl/N-ethyl adjacent to an activating group) is 1. The second-order valence-electron chi connectivity index (χ2n) is 3.65. The molecule has 0 bridgehead atoms. The Hall–Kier alpha value is -0.870. The van der Waals surface area contributed by atoms with E-state index in [0.717, 1.165) is 31.2 Å². The van der Waals surface area contributed by atoms with Crippen LogP contribution in [0.1, 0.15) is 17.2 Å². The summed E-state index contributed by atoms with van der Waals surface area (Å²) in [5, 5.41) is 0. The van der Waals surface area contributed by atoms with Gasteiger partial charge in [0, 0.05) is 26.2 Å². The normalized spacial score (nSPS) is 17.5. The second kappa shape index (κ2) is 3.12. The maximum absolute atomic E-state index is 5.64. The molecule has 1 aromatic rings. The van der Waals surface area contributed by atoms with Gasteiger partial charge in [-0.25, -0.2) is 4.98 Å². The number of imidazole rings is 1. The fourth-order valence-corrected chi connectivity index (χ4v) is 1.91. The second-order valence-corrected chi connectivity index (χ2v) is 3.65. The molecule has 4 nitrogen and oxygen atoms in total. The molecule has 1 aliphatic heterocycles. The lowest BCUT2D eigenvalue weighted by atomic mass is 10.2. The van der Waals surface area contributed by atoms with E-state index in [1.165, 1.54) is 5.69 Å². The predicted molar refractivity (Wildman–Crippen MR) is 51.2 cm³/mol. The van der Waals surface area contributed by atoms with Gasteiger partial charge in [0.25, 0.3) is 0 Å². The van der Waals surface area contributed by atoms with Crippen molar-refractivity contribution >= 4 is 0 Å². The first-order valence-corrected chi connectivity index (χ1v) is 4.66. The maximum Gasteiger partial charge on any atom is 0.106 e. The summed E-state index contributed by atoms with van der Waals surface area (Å²) < 4.78 is 2.28. The Kier molecular flexibility index (Phi) is 2.09. The molecule has 2 heterocycles. The molecule has 4 heteroatoms. The Morgan fingerprint density at radius 3 is 2.92 bits per heavy atom. The summed E-state index contributed by atoms with van der Waals surface area (Å²) in [7, 11) is 2.13. The Morgan fingerprint density at radius 1 is 1.46 bits per heavy atom. The van der Waals surface area contributed by atoms with Crippen molar-refractivity contribution in [3.8, 4) is 0 Å². The van der Waals surface area contributed by atoms with Crippen molar-refractivity contribution in [1.29, 1.82) is 0 Å². The van der Waals surface area contributed by atoms with Crippen LogP contribution in [-0.2, 0) is 19.6 Å². The average Bonchev–Trinajstić information content (AvgIpc) is 2.42. The fourth-order valence-electron chi connectivity index (χ4n) is 1.91. The zero-order valence-electron chi connectivity index (χ0n) is 8.25. The lowest BCUT2D eigenvalue weighted by Gasteiger charge is -2.25. The molecule has 72 valence electrons. The van der Waals surface area contributed by atoms with E-state index in [4.69, 9.17) is 5.73 Å². The zero-order valence-corrected chi connectivity index (χ0v) is 8.25. The van der Waals surface area contributed by atoms with Crippen molar-refractivity contribution in [2.45, 2.75) is 26.6 Å². The van der Waals surface area contributed by atoms with Crippen LogP contribution in [0, 0.1) is 6.92 Å². The summed E-state index contributed by atoms with van der Waals surface area (Å²) >= 11 is 0. The molecule has 0 unspecified atom stereocenters. The van der Waals surface area contributed by atoms with Crippen LogP contribution in [0.5, 0.6) is 0 Å². The van der Waals surface area contributed by atoms with Crippen molar-refractivity contribution in [3.05, 3.63) is 17.2 Å². The Morgan fingerprint density at radius 2 is 2.23 bits per heavy atom. The van der Waals surface area contributed by atoms with E-state index in [0.29, 0.717) is 6.54 Å². The highest BCUT2D eigenvalue weighted by Gasteiger charge is 2.19. The molecule has 0 aliphatic carbocycles. The molecule has 0 radical (unpaired) electrons. The number of nitrogens with two attached hydrogens (primary N) is 1. The number of hydrogen-bond donors (Lipinski definition) is 1. The van der Waals surface area contributed by atoms with Crippen LogP contribution in [0.4, 0.5) is 0 Å². The first-order chi connectivity index (χ1) is 6.22. The standard InChI is InChI=1S/C9H16N4/c1-7-11-8(5-10)9-6-12(2)3-4-13(7)9/h3-6,10H2,1-2H3. The molecular formula is C9H16N4. The number of nitrogens with zero attached hydrogens (tertiary/aromatic N) is 3. The molecule has 0 atom stereocenters. The predicted octanol–water partition coefficient (Wildman–Crippen LogP) is 0.0956. The summed E-state index contributed by atoms with van der Waals surface area (Å²) in [6.07, 6.45) is 0. The Bertz CT molecular complexity index is 316. The van der Waals surface area contributed by atoms with Crippen LogP contribution in [0.3, 0.4) is 0 Å². The van der Waals surface area contributed by atoms with Crippen LogP contribution in [-0.4, -0.2) is 28.0 Å². The van der Waals surface area contributed by atoms with Crippen LogP contribution in [0.2, 0.25) is 0 Å². The minimum Gasteiger partial charge on any atom is -0.329 e. The van der Waals surface area contributed by atoms with E-state index < -0.39 is 0 Å². The number of aromatic nitrogens is 2. The molecule has 1 aromatic heterocycles. The quantitative estimate of drug-likeness (QED) is 0.666. The van der Waals surface area contributed by atoms with E-state index in [2.05, 4.69) is 21.5 Å². The van der Waals surface area contributed by atoms with Crippen molar-refractivity contribution in [2.24, 2.45) is 5.73 Å². The SMILES string of the molecule is Cc1nc(CN)c2n1CCN(C)C2. The molecule has 0 saturated heterocycles. The smallest absolute Gasteiger partial charge is 0.106 e. The third-order valence-corrected chi connectivity index (χ3v) is 2.66. The largest absolute Gasteiger partial charge is 0.329 e. The van der Waals surface area contributed by atoms with Crippen LogP contribution >= 0.6 is 0 Å². The average molecular weight is 180 g/mol. The molecule has 0 saturated carbocycles. The van der Waals surface area contributed by atoms with Crippen molar-refractivity contribution < 1.29 is 0 Å². The first kappa shape index (κ1) is 8.72. The third kappa shape index (κ3) is 1.36. The fraction of sp³-hybridized carbons (Fsp3) is 0.667. The lowest BCUT2D eigenvalue weighted by Crippen LogP contribution is -2.31. The lowest BCUT2D eigenvalue weighted by molar-refractivity contribution is 0.267. The molecule has 0 spiro atoms. The molecule has 13 heavy (non-hydrogen) atoms. The Labute approximate surface area is 78.4 Å². The van der Waals surface area contributed by atoms with Crippen LogP contribution in [0.25, 0.3) is 0 Å². The summed E-state index contributed by atoms with van der Waals surface area (Å²) in [6.45, 7) is 5.73. The van der Waals surface area contributed by atoms with Gasteiger partial charge in [0.2, 0.25) is 0 Å². The minimum atomic E-state index is 0.553. The molecule has 0 aromatic carbocycles. The Balaban J connectivity index is 2.43. The van der Waals surface area contributed by atoms with E-state index in [-0.39, 0.29) is 0 Å². The van der Waals surface area contributed by atoms with Crippen molar-refractivity contribution in [3.63, 3.8) is 0 Å². The van der Waals surface area contributed by atoms with Gasteiger partial charge in [0.15, 0.2) is 0 Å². The van der Waals surface area contributed by atoms with E-state index >= 15 is 0 Å². The minimum absolute atomic E-state index is 0.553. The van der Waals surface area contributed by atoms with Gasteiger partial charge >= 0.3 is 0 Å². The monoisotopic (exact) mass is 180 g/mol. The van der Waals surface area contributed by atoms with E-state index in [1.54, 1.807) is 0 Å². The van der Waals surface area contributed by atoms with Crippen molar-refractivity contribution in [1.82, 2.24) is 14.5 Å². The van der Waals surface area contributed by atoms with E-state index in [9.17, 15) is 0 Å². The van der Waals surface area contributed by atoms with Crippen LogP contribution in [0.15, 0.2) is 0 Å². The molecule has 0 fully saturated rings. The highest BCUT2D eigenvalue weighted by atomic mass is 15.2. The van der Waals surface area contributed by atoms with Crippen LogP contribution < -0.4 is 5.73 Å². The van der Waals surface area contributed by atoms with E-state index in [1.807, 2.05) is 6.92 Å². The number of fused-ring (bicyclic) bond motifs is 1. The number of aryl methyl sites for hydroxylation is 1. The molecule has 1 aliphatic rings. The number of hydrogen-bond acceptors (Lipinski definition) is 3. The van der Waals surface area contributed by atoms with Gasteiger partial charge in [0.05, 0.1) is 11.4 Å². The highest BCUT2D eigenvalue weighted by Crippen LogP contribution is 2.17. The molecule has 2 N–H and O–H groups in total. The zero-order chi connectivity index (χ0) is 9.42. The molecule has 0 amide bonds. The number of rotatable bonds is 1. The third-order valence-electron chi connectivity index (χ3n) is 2.66. The molecule has 2 rings (SSSR count). The van der Waals surface area contributed by atoms with Gasteiger partial charge in [-0.3, -0.25) is 4.90 Å². The van der Waals surface area contributed by atoms with Gasteiger partial charge in [-0.1, -0.05) is 0 Å². The van der Waals surface area contributed by atoms with Gasteiger partial charge in [-0.2, -0.15) is 0 Å². The maximum atomic E-state index is 5.64. The van der Waals surface area contributed by atoms with Gasteiger partial charge in [0.1, 0.15) is 5.82 Å². The summed E-state index contributed by atoms with van der Waals surface area (Å²) in [5.74, 6) is 1.10. The van der Waals surface area contributed by atoms with Gasteiger partial charge < -0.3 is 10.3 Å². The van der Waals surface area contributed by atoms with Gasteiger partial charge in [-0.15, -0.1) is 0 Å². The molecular weight excluding hydrogens is 164 g/mol. The summed E-state index contributed by atoms with van der Waals surface area (Å²) in [4.78, 5) is 6.76. The highest BCUT2D eigenvalue weighted by molar-refractivity contribution is 5.18. The summed E-state index contributed by atoms with van der Waals surface area (Å²) in [6, 6.07) is 0. The van der Waals surface area contributed by atoms with Gasteiger partial charge in [-0.05, 0) is 14.0 Å². The first-order valence-electron chi connectivity index (χ1n) is 4.66. The summed E-state index contributed by atoms with van der Waals surface area (Å²) in [5.41, 5.74) is 8.00. The topological polar surface area (TPSA) is 47.1 Å².